The Kier molecular flexibility index (Phi) is 2.99. The Labute approximate surface area is 86.8 Å². The number of rotatable bonds is 3. The molecule has 1 aromatic carbocycles. The summed E-state index contributed by atoms with van der Waals surface area (Å²) in [6.07, 6.45) is 0. The van der Waals surface area contributed by atoms with Crippen LogP contribution in [0.4, 0.5) is 11.4 Å². The molecule has 0 atom stereocenters. The van der Waals surface area contributed by atoms with E-state index in [0.717, 1.165) is 0 Å². The van der Waals surface area contributed by atoms with Gasteiger partial charge in [0.25, 0.3) is 0 Å². The van der Waals surface area contributed by atoms with Gasteiger partial charge in [0, 0.05) is 31.9 Å². The Morgan fingerprint density at radius 2 is 2.07 bits per heavy atom. The molecule has 1 rings (SSSR count). The van der Waals surface area contributed by atoms with Crippen LogP contribution in [0.25, 0.3) is 0 Å². The minimum absolute atomic E-state index is 0.0906. The van der Waals surface area contributed by atoms with Crippen LogP contribution in [0, 0.1) is 10.1 Å². The highest BCUT2D eigenvalue weighted by Gasteiger charge is 2.20. The van der Waals surface area contributed by atoms with Crippen molar-refractivity contribution in [3.63, 3.8) is 0 Å². The van der Waals surface area contributed by atoms with Gasteiger partial charge in [0.15, 0.2) is 5.75 Å². The molecule has 0 radical (unpaired) electrons. The summed E-state index contributed by atoms with van der Waals surface area (Å²) >= 11 is 0. The van der Waals surface area contributed by atoms with Crippen LogP contribution < -0.4 is 9.64 Å². The van der Waals surface area contributed by atoms with E-state index in [-0.39, 0.29) is 11.4 Å². The number of aromatic hydroxyl groups is 1. The lowest BCUT2D eigenvalue weighted by molar-refractivity contribution is -0.385. The third-order valence-corrected chi connectivity index (χ3v) is 1.97. The van der Waals surface area contributed by atoms with E-state index in [9.17, 15) is 15.2 Å². The number of benzene rings is 1. The Morgan fingerprint density at radius 3 is 2.47 bits per heavy atom. The molecule has 15 heavy (non-hydrogen) atoms. The number of nitro groups is 1. The predicted molar refractivity (Wildman–Crippen MR) is 55.6 cm³/mol. The molecule has 0 fully saturated rings. The Hall–Kier alpha value is -1.98. The van der Waals surface area contributed by atoms with Crippen molar-refractivity contribution in [3.8, 4) is 11.5 Å². The number of methoxy groups -OCH3 is 1. The Balaban J connectivity index is 3.38. The van der Waals surface area contributed by atoms with Gasteiger partial charge in [-0.1, -0.05) is 0 Å². The highest BCUT2D eigenvalue weighted by Crippen LogP contribution is 2.39. The lowest BCUT2D eigenvalue weighted by atomic mass is 10.2. The third kappa shape index (κ3) is 2.09. The smallest absolute Gasteiger partial charge is 0.316 e. The summed E-state index contributed by atoms with van der Waals surface area (Å²) in [5.74, 6) is -0.360. The number of phenolic OH excluding ortho intramolecular Hbond substituents is 1. The van der Waals surface area contributed by atoms with Crippen LogP contribution in [-0.4, -0.2) is 31.2 Å². The lowest BCUT2D eigenvalue weighted by Gasteiger charge is -2.14. The van der Waals surface area contributed by atoms with Gasteiger partial charge in [-0.3, -0.25) is 10.1 Å². The number of ether oxygens (including phenoxy) is 1. The van der Waals surface area contributed by atoms with Crippen LogP contribution in [0.3, 0.4) is 0 Å². The maximum atomic E-state index is 10.6. The molecule has 0 saturated heterocycles. The fraction of sp³-hybridized carbons (Fsp3) is 0.333. The zero-order chi connectivity index (χ0) is 11.6. The summed E-state index contributed by atoms with van der Waals surface area (Å²) < 4.78 is 4.85. The van der Waals surface area contributed by atoms with Crippen molar-refractivity contribution < 1.29 is 14.8 Å². The molecule has 0 amide bonds. The molecule has 1 aromatic rings. The Bertz CT molecular complexity index is 390. The first kappa shape index (κ1) is 11.1. The summed E-state index contributed by atoms with van der Waals surface area (Å²) in [5, 5.41) is 20.1. The Morgan fingerprint density at radius 1 is 1.47 bits per heavy atom. The molecule has 0 aliphatic carbocycles. The number of anilines is 1. The molecule has 0 aromatic heterocycles. The van der Waals surface area contributed by atoms with Crippen molar-refractivity contribution in [2.75, 3.05) is 26.1 Å². The number of phenols is 1. The molecule has 82 valence electrons. The zero-order valence-corrected chi connectivity index (χ0v) is 8.72. The highest BCUT2D eigenvalue weighted by molar-refractivity contribution is 5.65. The lowest BCUT2D eigenvalue weighted by Crippen LogP contribution is -2.09. The molecule has 1 N–H and O–H groups in total. The molecule has 0 aliphatic heterocycles. The van der Waals surface area contributed by atoms with Crippen LogP contribution in [0.2, 0.25) is 0 Å². The van der Waals surface area contributed by atoms with Gasteiger partial charge >= 0.3 is 5.69 Å². The standard InChI is InChI=1S/C9H12N2O4/c1-10(2)6-4-7(11(13)14)9(12)8(5-6)15-3/h4-5,12H,1-3H3. The second-order valence-corrected chi connectivity index (χ2v) is 3.17. The molecule has 0 unspecified atom stereocenters. The molecular weight excluding hydrogens is 200 g/mol. The average Bonchev–Trinajstić information content (AvgIpc) is 2.17. The SMILES string of the molecule is COc1cc(N(C)C)cc([N+](=O)[O-])c1O. The maximum Gasteiger partial charge on any atom is 0.316 e. The van der Waals surface area contributed by atoms with Gasteiger partial charge in [-0.15, -0.1) is 0 Å². The quantitative estimate of drug-likeness (QED) is 0.605. The maximum absolute atomic E-state index is 10.6. The van der Waals surface area contributed by atoms with Crippen molar-refractivity contribution in [2.45, 2.75) is 0 Å². The molecule has 0 aliphatic rings. The molecule has 0 heterocycles. The van der Waals surface area contributed by atoms with Gasteiger partial charge < -0.3 is 14.7 Å². The van der Waals surface area contributed by atoms with Crippen LogP contribution >= 0.6 is 0 Å². The minimum Gasteiger partial charge on any atom is -0.500 e. The van der Waals surface area contributed by atoms with Crippen LogP contribution in [0.15, 0.2) is 12.1 Å². The molecule has 0 saturated carbocycles. The summed E-state index contributed by atoms with van der Waals surface area (Å²) in [5.41, 5.74) is 0.231. The van der Waals surface area contributed by atoms with Gasteiger partial charge in [-0.25, -0.2) is 0 Å². The first-order chi connectivity index (χ1) is 6.97. The van der Waals surface area contributed by atoms with Crippen molar-refractivity contribution in [1.82, 2.24) is 0 Å². The van der Waals surface area contributed by atoms with E-state index in [0.29, 0.717) is 5.69 Å². The monoisotopic (exact) mass is 212 g/mol. The predicted octanol–water partition coefficient (Wildman–Crippen LogP) is 1.37. The minimum atomic E-state index is -0.648. The normalized spacial score (nSPS) is 9.80. The van der Waals surface area contributed by atoms with E-state index in [1.165, 1.54) is 19.2 Å². The van der Waals surface area contributed by atoms with Gasteiger partial charge in [-0.05, 0) is 0 Å². The van der Waals surface area contributed by atoms with Crippen LogP contribution in [-0.2, 0) is 0 Å². The number of hydrogen-bond donors (Lipinski definition) is 1. The second kappa shape index (κ2) is 4.04. The largest absolute Gasteiger partial charge is 0.500 e. The fourth-order valence-electron chi connectivity index (χ4n) is 1.13. The first-order valence-electron chi connectivity index (χ1n) is 4.20. The van der Waals surface area contributed by atoms with Crippen LogP contribution in [0.1, 0.15) is 0 Å². The highest BCUT2D eigenvalue weighted by atomic mass is 16.6. The van der Waals surface area contributed by atoms with E-state index in [1.54, 1.807) is 19.0 Å². The van der Waals surface area contributed by atoms with E-state index in [2.05, 4.69) is 0 Å². The van der Waals surface area contributed by atoms with Crippen molar-refractivity contribution in [1.29, 1.82) is 0 Å². The van der Waals surface area contributed by atoms with E-state index in [1.807, 2.05) is 0 Å². The summed E-state index contributed by atoms with van der Waals surface area (Å²) in [6, 6.07) is 2.82. The molecule has 6 nitrogen and oxygen atoms in total. The third-order valence-electron chi connectivity index (χ3n) is 1.97. The van der Waals surface area contributed by atoms with Crippen molar-refractivity contribution in [2.24, 2.45) is 0 Å². The van der Waals surface area contributed by atoms with Gasteiger partial charge in [0.2, 0.25) is 5.75 Å². The van der Waals surface area contributed by atoms with Gasteiger partial charge in [0.05, 0.1) is 12.0 Å². The molecular formula is C9H12N2O4. The molecule has 0 spiro atoms. The zero-order valence-electron chi connectivity index (χ0n) is 8.72. The fourth-order valence-corrected chi connectivity index (χ4v) is 1.13. The van der Waals surface area contributed by atoms with Gasteiger partial charge in [0.1, 0.15) is 0 Å². The molecule has 0 bridgehead atoms. The van der Waals surface area contributed by atoms with E-state index >= 15 is 0 Å². The average molecular weight is 212 g/mol. The second-order valence-electron chi connectivity index (χ2n) is 3.17. The molecule has 6 heteroatoms. The summed E-state index contributed by atoms with van der Waals surface area (Å²) in [7, 11) is 4.84. The van der Waals surface area contributed by atoms with Crippen LogP contribution in [0.5, 0.6) is 11.5 Å². The van der Waals surface area contributed by atoms with Gasteiger partial charge in [-0.2, -0.15) is 0 Å². The number of nitro benzene ring substituents is 1. The first-order valence-corrected chi connectivity index (χ1v) is 4.20. The number of nitrogens with zero attached hydrogens (tertiary/aromatic N) is 2. The topological polar surface area (TPSA) is 75.8 Å². The van der Waals surface area contributed by atoms with E-state index in [4.69, 9.17) is 4.74 Å². The van der Waals surface area contributed by atoms with E-state index < -0.39 is 10.7 Å². The summed E-state index contributed by atoms with van der Waals surface area (Å²) in [6.45, 7) is 0. The summed E-state index contributed by atoms with van der Waals surface area (Å²) in [4.78, 5) is 11.7. The number of hydrogen-bond acceptors (Lipinski definition) is 5. The van der Waals surface area contributed by atoms with Crippen molar-refractivity contribution >= 4 is 11.4 Å². The van der Waals surface area contributed by atoms with Crippen molar-refractivity contribution in [3.05, 3.63) is 22.2 Å².